The summed E-state index contributed by atoms with van der Waals surface area (Å²) >= 11 is 5.97. The average Bonchev–Trinajstić information content (AvgIpc) is 2.73. The molecule has 0 aliphatic carbocycles. The molecular formula is C21H16ClF3N4O3. The summed E-state index contributed by atoms with van der Waals surface area (Å²) in [7, 11) is 1.37. The van der Waals surface area contributed by atoms with Gasteiger partial charge in [-0.2, -0.15) is 18.3 Å². The molecule has 11 heteroatoms. The number of pyridine rings is 1. The molecule has 166 valence electrons. The number of alkyl halides is 3. The Hall–Kier alpha value is -3.79. The number of phenolic OH excluding ortho intramolecular Hbond substituents is 1. The number of amides is 1. The first-order chi connectivity index (χ1) is 15.2. The second-order valence-corrected chi connectivity index (χ2v) is 6.79. The number of anilines is 2. The number of carbonyl (C=O) groups is 1. The molecule has 0 atom stereocenters. The zero-order valence-corrected chi connectivity index (χ0v) is 17.2. The standard InChI is InChI=1S/C21H16ClF3N4O3/c1-32-17-7-5-13(22)10-16(17)27-19-15(6-8-18(28-19)21(23,24)25)20(31)29-26-11-12-3-2-4-14(30)9-12/h2-11,30H,1H3,(H,27,28)(H,29,31)/b26-11+. The zero-order chi connectivity index (χ0) is 23.3. The summed E-state index contributed by atoms with van der Waals surface area (Å²) < 4.78 is 44.8. The number of phenols is 1. The fourth-order valence-corrected chi connectivity index (χ4v) is 2.80. The lowest BCUT2D eigenvalue weighted by atomic mass is 10.2. The molecule has 2 aromatic carbocycles. The molecule has 0 saturated carbocycles. The summed E-state index contributed by atoms with van der Waals surface area (Å²) in [5, 5.41) is 16.2. The van der Waals surface area contributed by atoms with Gasteiger partial charge in [-0.3, -0.25) is 4.79 Å². The summed E-state index contributed by atoms with van der Waals surface area (Å²) in [6.45, 7) is 0. The Labute approximate surface area is 185 Å². The summed E-state index contributed by atoms with van der Waals surface area (Å²) in [5.41, 5.74) is 1.54. The Morgan fingerprint density at radius 3 is 2.66 bits per heavy atom. The minimum Gasteiger partial charge on any atom is -0.508 e. The van der Waals surface area contributed by atoms with Gasteiger partial charge in [0.1, 0.15) is 23.0 Å². The van der Waals surface area contributed by atoms with Crippen LogP contribution in [0, 0.1) is 0 Å². The van der Waals surface area contributed by atoms with Gasteiger partial charge >= 0.3 is 6.18 Å². The summed E-state index contributed by atoms with van der Waals surface area (Å²) in [5.74, 6) is -0.896. The van der Waals surface area contributed by atoms with E-state index in [0.29, 0.717) is 16.7 Å². The Morgan fingerprint density at radius 2 is 1.97 bits per heavy atom. The number of benzene rings is 2. The molecule has 0 spiro atoms. The Kier molecular flexibility index (Phi) is 6.84. The van der Waals surface area contributed by atoms with Gasteiger partial charge in [0.2, 0.25) is 0 Å². The second-order valence-electron chi connectivity index (χ2n) is 6.35. The molecule has 0 unspecified atom stereocenters. The van der Waals surface area contributed by atoms with Crippen molar-refractivity contribution >= 4 is 35.2 Å². The fraction of sp³-hybridized carbons (Fsp3) is 0.0952. The van der Waals surface area contributed by atoms with E-state index in [1.165, 1.54) is 43.7 Å². The van der Waals surface area contributed by atoms with Gasteiger partial charge in [-0.15, -0.1) is 0 Å². The molecule has 1 aromatic heterocycles. The number of hydrogen-bond donors (Lipinski definition) is 3. The van der Waals surface area contributed by atoms with E-state index in [1.54, 1.807) is 12.1 Å². The van der Waals surface area contributed by atoms with Crippen molar-refractivity contribution in [2.75, 3.05) is 12.4 Å². The van der Waals surface area contributed by atoms with Gasteiger partial charge in [0.25, 0.3) is 5.91 Å². The van der Waals surface area contributed by atoms with E-state index >= 15 is 0 Å². The van der Waals surface area contributed by atoms with Gasteiger partial charge in [-0.1, -0.05) is 23.7 Å². The van der Waals surface area contributed by atoms with E-state index in [0.717, 1.165) is 6.07 Å². The molecule has 3 rings (SSSR count). The third kappa shape index (κ3) is 5.67. The second kappa shape index (κ2) is 9.56. The van der Waals surface area contributed by atoms with Crippen LogP contribution in [-0.2, 0) is 6.18 Å². The van der Waals surface area contributed by atoms with E-state index < -0.39 is 17.8 Å². The highest BCUT2D eigenvalue weighted by atomic mass is 35.5. The molecule has 0 bridgehead atoms. The topological polar surface area (TPSA) is 95.8 Å². The molecule has 3 aromatic rings. The minimum atomic E-state index is -4.72. The van der Waals surface area contributed by atoms with Gasteiger partial charge < -0.3 is 15.2 Å². The number of hydrogen-bond acceptors (Lipinski definition) is 6. The minimum absolute atomic E-state index is 0.00849. The van der Waals surface area contributed by atoms with Gasteiger partial charge in [-0.05, 0) is 48.0 Å². The van der Waals surface area contributed by atoms with E-state index in [-0.39, 0.29) is 28.6 Å². The number of nitrogens with zero attached hydrogens (tertiary/aromatic N) is 2. The lowest BCUT2D eigenvalue weighted by Gasteiger charge is -2.15. The average molecular weight is 465 g/mol. The predicted molar refractivity (Wildman–Crippen MR) is 114 cm³/mol. The van der Waals surface area contributed by atoms with Crippen molar-refractivity contribution in [1.82, 2.24) is 10.4 Å². The highest BCUT2D eigenvalue weighted by molar-refractivity contribution is 6.31. The monoisotopic (exact) mass is 464 g/mol. The van der Waals surface area contributed by atoms with E-state index in [4.69, 9.17) is 16.3 Å². The first kappa shape index (κ1) is 22.9. The number of rotatable bonds is 6. The van der Waals surface area contributed by atoms with Gasteiger partial charge in [0.15, 0.2) is 0 Å². The maximum Gasteiger partial charge on any atom is 0.433 e. The van der Waals surface area contributed by atoms with Crippen LogP contribution in [0.15, 0.2) is 59.7 Å². The normalized spacial score (nSPS) is 11.4. The summed E-state index contributed by atoms with van der Waals surface area (Å²) in [6, 6.07) is 12.2. The molecule has 7 nitrogen and oxygen atoms in total. The Morgan fingerprint density at radius 1 is 1.19 bits per heavy atom. The lowest BCUT2D eigenvalue weighted by molar-refractivity contribution is -0.141. The van der Waals surface area contributed by atoms with Gasteiger partial charge in [0, 0.05) is 5.02 Å². The van der Waals surface area contributed by atoms with Crippen LogP contribution in [0.3, 0.4) is 0 Å². The van der Waals surface area contributed by atoms with Crippen molar-refractivity contribution in [1.29, 1.82) is 0 Å². The first-order valence-electron chi connectivity index (χ1n) is 8.98. The predicted octanol–water partition coefficient (Wildman–Crippen LogP) is 4.98. The molecule has 1 heterocycles. The molecule has 0 aliphatic heterocycles. The molecular weight excluding hydrogens is 449 g/mol. The number of halogens is 4. The molecule has 3 N–H and O–H groups in total. The van der Waals surface area contributed by atoms with Crippen LogP contribution < -0.4 is 15.5 Å². The van der Waals surface area contributed by atoms with Crippen molar-refractivity contribution in [3.05, 3.63) is 76.4 Å². The van der Waals surface area contributed by atoms with Crippen molar-refractivity contribution in [3.8, 4) is 11.5 Å². The Bertz CT molecular complexity index is 1170. The van der Waals surface area contributed by atoms with Gasteiger partial charge in [-0.25, -0.2) is 10.4 Å². The molecule has 32 heavy (non-hydrogen) atoms. The maximum absolute atomic E-state index is 13.2. The number of carbonyl (C=O) groups excluding carboxylic acids is 1. The smallest absolute Gasteiger partial charge is 0.433 e. The van der Waals surface area contributed by atoms with E-state index in [1.807, 2.05) is 0 Å². The molecule has 0 aliphatic rings. The van der Waals surface area contributed by atoms with E-state index in [9.17, 15) is 23.1 Å². The quantitative estimate of drug-likeness (QED) is 0.353. The highest BCUT2D eigenvalue weighted by Gasteiger charge is 2.33. The van der Waals surface area contributed by atoms with Crippen LogP contribution in [0.4, 0.5) is 24.7 Å². The van der Waals surface area contributed by atoms with Crippen LogP contribution in [-0.4, -0.2) is 29.3 Å². The van der Waals surface area contributed by atoms with Crippen molar-refractivity contribution in [3.63, 3.8) is 0 Å². The third-order valence-electron chi connectivity index (χ3n) is 4.09. The molecule has 1 amide bonds. The maximum atomic E-state index is 13.2. The number of aromatic hydroxyl groups is 1. The third-order valence-corrected chi connectivity index (χ3v) is 4.33. The van der Waals surface area contributed by atoms with Crippen LogP contribution in [0.25, 0.3) is 0 Å². The van der Waals surface area contributed by atoms with Crippen LogP contribution in [0.1, 0.15) is 21.6 Å². The largest absolute Gasteiger partial charge is 0.508 e. The first-order valence-corrected chi connectivity index (χ1v) is 9.36. The lowest BCUT2D eigenvalue weighted by Crippen LogP contribution is -2.21. The van der Waals surface area contributed by atoms with Crippen molar-refractivity contribution < 1.29 is 27.8 Å². The highest BCUT2D eigenvalue weighted by Crippen LogP contribution is 2.34. The number of nitrogens with one attached hydrogen (secondary N) is 2. The number of hydrazone groups is 1. The van der Waals surface area contributed by atoms with Crippen molar-refractivity contribution in [2.45, 2.75) is 6.18 Å². The zero-order valence-electron chi connectivity index (χ0n) is 16.4. The Balaban J connectivity index is 1.92. The summed E-state index contributed by atoms with van der Waals surface area (Å²) in [6.07, 6.45) is -3.46. The molecule has 0 fully saturated rings. The van der Waals surface area contributed by atoms with Crippen molar-refractivity contribution in [2.24, 2.45) is 5.10 Å². The summed E-state index contributed by atoms with van der Waals surface area (Å²) in [4.78, 5) is 16.2. The number of ether oxygens (including phenoxy) is 1. The number of methoxy groups -OCH3 is 1. The van der Waals surface area contributed by atoms with Gasteiger partial charge in [0.05, 0.1) is 24.6 Å². The van der Waals surface area contributed by atoms with Crippen LogP contribution in [0.5, 0.6) is 11.5 Å². The fourth-order valence-electron chi connectivity index (χ4n) is 2.63. The van der Waals surface area contributed by atoms with E-state index in [2.05, 4.69) is 20.8 Å². The number of aromatic nitrogens is 1. The van der Waals surface area contributed by atoms with Crippen LogP contribution >= 0.6 is 11.6 Å². The SMILES string of the molecule is COc1ccc(Cl)cc1Nc1nc(C(F)(F)F)ccc1C(=O)N/N=C/c1cccc(O)c1. The van der Waals surface area contributed by atoms with Crippen LogP contribution in [0.2, 0.25) is 5.02 Å². The molecule has 0 saturated heterocycles. The molecule has 0 radical (unpaired) electrons.